The van der Waals surface area contributed by atoms with E-state index in [-0.39, 0.29) is 44.4 Å². The number of carbonyl (C=O) groups excluding carboxylic acids is 2. The molecule has 4 rings (SSSR count). The first-order valence-corrected chi connectivity index (χ1v) is 12.1. The average Bonchev–Trinajstić information content (AvgIpc) is 3.28. The number of aryl methyl sites for hydroxylation is 1. The summed E-state index contributed by atoms with van der Waals surface area (Å²) in [5.41, 5.74) is 1.07. The molecule has 0 aliphatic carbocycles. The summed E-state index contributed by atoms with van der Waals surface area (Å²) in [4.78, 5) is 29.7. The van der Waals surface area contributed by atoms with Crippen LogP contribution in [0.4, 0.5) is 0 Å². The Balaban J connectivity index is 1.49. The lowest BCUT2D eigenvalue weighted by atomic mass is 9.96. The van der Waals surface area contributed by atoms with Crippen molar-refractivity contribution < 1.29 is 23.7 Å². The molecule has 1 aromatic heterocycles. The predicted octanol–water partition coefficient (Wildman–Crippen LogP) is 3.30. The average molecular weight is 513 g/mol. The molecule has 0 N–H and O–H groups in total. The number of hydrogen-bond acceptors (Lipinski definition) is 7. The van der Waals surface area contributed by atoms with Crippen molar-refractivity contribution in [2.75, 3.05) is 33.4 Å². The summed E-state index contributed by atoms with van der Waals surface area (Å²) in [5, 5.41) is 8.16. The Morgan fingerprint density at radius 3 is 2.58 bits per heavy atom. The lowest BCUT2D eigenvalue weighted by molar-refractivity contribution is -0.165. The predicted molar refractivity (Wildman–Crippen MR) is 132 cm³/mol. The Hall–Kier alpha value is -3.43. The maximum atomic E-state index is 13.3. The number of morpholine rings is 1. The van der Waals surface area contributed by atoms with Gasteiger partial charge in [0.05, 0.1) is 26.0 Å². The molecule has 1 aliphatic heterocycles. The molecule has 1 atom stereocenters. The van der Waals surface area contributed by atoms with Crippen molar-refractivity contribution in [3.8, 4) is 5.75 Å². The summed E-state index contributed by atoms with van der Waals surface area (Å²) >= 11 is 5.99. The molecule has 1 aliphatic rings. The van der Waals surface area contributed by atoms with Gasteiger partial charge in [0.1, 0.15) is 29.3 Å². The van der Waals surface area contributed by atoms with E-state index < -0.39 is 5.60 Å². The molecule has 1 fully saturated rings. The van der Waals surface area contributed by atoms with E-state index in [0.29, 0.717) is 35.2 Å². The van der Waals surface area contributed by atoms with Crippen molar-refractivity contribution in [2.24, 2.45) is 0 Å². The van der Waals surface area contributed by atoms with Crippen molar-refractivity contribution >= 4 is 23.4 Å². The van der Waals surface area contributed by atoms with Gasteiger partial charge in [-0.1, -0.05) is 52.2 Å². The van der Waals surface area contributed by atoms with Gasteiger partial charge in [-0.15, -0.1) is 0 Å². The molecule has 1 saturated heterocycles. The second-order valence-corrected chi connectivity index (χ2v) is 9.41. The van der Waals surface area contributed by atoms with Crippen LogP contribution in [0.1, 0.15) is 23.4 Å². The van der Waals surface area contributed by atoms with E-state index >= 15 is 0 Å². The van der Waals surface area contributed by atoms with Gasteiger partial charge in [-0.05, 0) is 36.8 Å². The van der Waals surface area contributed by atoms with Crippen LogP contribution in [-0.4, -0.2) is 70.9 Å². The van der Waals surface area contributed by atoms with E-state index in [0.717, 1.165) is 5.56 Å². The number of benzene rings is 2. The standard InChI is InChI=1S/C26H29ClN4O5/c1-19-23(29-36-28-19)14-24(32)31-12-13-35-26(17-31,18-34-22-10-8-21(27)9-11-22)15-25(33)30(2)16-20-6-4-3-5-7-20/h3-11H,12-18H2,1-2H3/t26-/m1/s1. The first-order valence-electron chi connectivity index (χ1n) is 11.7. The third-order valence-corrected chi connectivity index (χ3v) is 6.40. The summed E-state index contributed by atoms with van der Waals surface area (Å²) in [5.74, 6) is 0.350. The van der Waals surface area contributed by atoms with Crippen LogP contribution < -0.4 is 4.74 Å². The van der Waals surface area contributed by atoms with Crippen LogP contribution in [-0.2, 0) is 27.3 Å². The van der Waals surface area contributed by atoms with Crippen molar-refractivity contribution in [1.82, 2.24) is 20.1 Å². The van der Waals surface area contributed by atoms with Gasteiger partial charge in [-0.25, -0.2) is 4.63 Å². The van der Waals surface area contributed by atoms with Gasteiger partial charge in [-0.2, -0.15) is 0 Å². The SMILES string of the molecule is Cc1nonc1CC(=O)N1CCO[C@](COc2ccc(Cl)cc2)(CC(=O)N(C)Cc2ccccc2)C1. The molecular weight excluding hydrogens is 484 g/mol. The van der Waals surface area contributed by atoms with Gasteiger partial charge in [0.25, 0.3) is 0 Å². The number of aromatic nitrogens is 2. The zero-order chi connectivity index (χ0) is 25.5. The molecule has 2 aromatic carbocycles. The minimum Gasteiger partial charge on any atom is -0.490 e. The van der Waals surface area contributed by atoms with E-state index in [9.17, 15) is 9.59 Å². The van der Waals surface area contributed by atoms with Crippen LogP contribution in [0.3, 0.4) is 0 Å². The van der Waals surface area contributed by atoms with Gasteiger partial charge in [0.2, 0.25) is 11.8 Å². The van der Waals surface area contributed by atoms with Crippen molar-refractivity contribution in [3.05, 3.63) is 76.6 Å². The molecule has 2 heterocycles. The number of nitrogens with zero attached hydrogens (tertiary/aromatic N) is 4. The molecule has 0 saturated carbocycles. The van der Waals surface area contributed by atoms with Gasteiger partial charge in [-0.3, -0.25) is 9.59 Å². The third-order valence-electron chi connectivity index (χ3n) is 6.14. The van der Waals surface area contributed by atoms with Crippen molar-refractivity contribution in [3.63, 3.8) is 0 Å². The zero-order valence-electron chi connectivity index (χ0n) is 20.4. The fourth-order valence-corrected chi connectivity index (χ4v) is 4.20. The van der Waals surface area contributed by atoms with Crippen LogP contribution in [0, 0.1) is 6.92 Å². The van der Waals surface area contributed by atoms with Gasteiger partial charge < -0.3 is 19.3 Å². The zero-order valence-corrected chi connectivity index (χ0v) is 21.1. The number of rotatable bonds is 9. The van der Waals surface area contributed by atoms with Crippen LogP contribution in [0.15, 0.2) is 59.2 Å². The summed E-state index contributed by atoms with van der Waals surface area (Å²) < 4.78 is 16.9. The van der Waals surface area contributed by atoms with Crippen LogP contribution >= 0.6 is 11.6 Å². The third kappa shape index (κ3) is 6.61. The number of ether oxygens (including phenoxy) is 2. The smallest absolute Gasteiger partial charge is 0.228 e. The highest BCUT2D eigenvalue weighted by atomic mass is 35.5. The molecule has 3 aromatic rings. The molecule has 0 spiro atoms. The number of halogens is 1. The molecule has 0 unspecified atom stereocenters. The molecular formula is C26H29ClN4O5. The second kappa shape index (κ2) is 11.5. The Morgan fingerprint density at radius 1 is 1.14 bits per heavy atom. The Morgan fingerprint density at radius 2 is 1.89 bits per heavy atom. The topological polar surface area (TPSA) is 98.0 Å². The molecule has 0 bridgehead atoms. The normalized spacial score (nSPS) is 17.6. The highest BCUT2D eigenvalue weighted by Crippen LogP contribution is 2.27. The minimum absolute atomic E-state index is 0.0538. The number of carbonyl (C=O) groups is 2. The quantitative estimate of drug-likeness (QED) is 0.434. The summed E-state index contributed by atoms with van der Waals surface area (Å²) in [6.07, 6.45) is 0.115. The summed E-state index contributed by atoms with van der Waals surface area (Å²) in [6.45, 7) is 3.18. The maximum absolute atomic E-state index is 13.3. The van der Waals surface area contributed by atoms with Gasteiger partial charge in [0, 0.05) is 25.2 Å². The highest BCUT2D eigenvalue weighted by molar-refractivity contribution is 6.30. The molecule has 9 nitrogen and oxygen atoms in total. The van der Waals surface area contributed by atoms with Crippen molar-refractivity contribution in [2.45, 2.75) is 31.9 Å². The molecule has 0 radical (unpaired) electrons. The highest BCUT2D eigenvalue weighted by Gasteiger charge is 2.42. The number of amides is 2. The molecule has 190 valence electrons. The van der Waals surface area contributed by atoms with Crippen LogP contribution in [0.2, 0.25) is 5.02 Å². The van der Waals surface area contributed by atoms with E-state index in [2.05, 4.69) is 10.3 Å². The van der Waals surface area contributed by atoms with Crippen molar-refractivity contribution in [1.29, 1.82) is 0 Å². The molecule has 36 heavy (non-hydrogen) atoms. The monoisotopic (exact) mass is 512 g/mol. The van der Waals surface area contributed by atoms with Gasteiger partial charge >= 0.3 is 0 Å². The van der Waals surface area contributed by atoms with Gasteiger partial charge in [0.15, 0.2) is 0 Å². The first kappa shape index (κ1) is 25.7. The largest absolute Gasteiger partial charge is 0.490 e. The first-order chi connectivity index (χ1) is 17.3. The lowest BCUT2D eigenvalue weighted by Gasteiger charge is -2.42. The van der Waals surface area contributed by atoms with E-state index in [1.54, 1.807) is 48.0 Å². The Kier molecular flexibility index (Phi) is 8.22. The number of hydrogen-bond donors (Lipinski definition) is 0. The van der Waals surface area contributed by atoms with E-state index in [1.165, 1.54) is 0 Å². The van der Waals surface area contributed by atoms with E-state index in [4.69, 9.17) is 25.7 Å². The summed E-state index contributed by atoms with van der Waals surface area (Å²) in [6, 6.07) is 16.7. The fraction of sp³-hybridized carbons (Fsp3) is 0.385. The second-order valence-electron chi connectivity index (χ2n) is 8.97. The lowest BCUT2D eigenvalue weighted by Crippen LogP contribution is -2.58. The van der Waals surface area contributed by atoms with Crippen LogP contribution in [0.5, 0.6) is 5.75 Å². The molecule has 10 heteroatoms. The van der Waals surface area contributed by atoms with E-state index in [1.807, 2.05) is 30.3 Å². The Bertz CT molecular complexity index is 1170. The maximum Gasteiger partial charge on any atom is 0.228 e. The Labute approximate surface area is 214 Å². The fourth-order valence-electron chi connectivity index (χ4n) is 4.07. The summed E-state index contributed by atoms with van der Waals surface area (Å²) in [7, 11) is 1.76. The molecule has 2 amide bonds. The minimum atomic E-state index is -1.02. The van der Waals surface area contributed by atoms with Crippen LogP contribution in [0.25, 0.3) is 0 Å².